The van der Waals surface area contributed by atoms with E-state index in [0.29, 0.717) is 23.6 Å². The van der Waals surface area contributed by atoms with Gasteiger partial charge < -0.3 is 11.1 Å². The Morgan fingerprint density at radius 1 is 1.38 bits per heavy atom. The largest absolute Gasteiger partial charge is 0.396 e. The molecule has 1 aliphatic rings. The molecule has 0 spiro atoms. The Morgan fingerprint density at radius 3 is 2.62 bits per heavy atom. The zero-order valence-corrected chi connectivity index (χ0v) is 13.6. The van der Waals surface area contributed by atoms with E-state index < -0.39 is 0 Å². The average molecular weight is 292 g/mol. The first-order chi connectivity index (χ1) is 9.90. The topological polar surface area (TPSA) is 72.9 Å². The standard InChI is InChI=1S/C16H28N4O/c1-10(2)13-7-5-6-8-14(13)18-15(21)9-20-12(4)16(17)11(3)19-20/h10,13-14H,5-9,17H2,1-4H3,(H,18,21). The maximum atomic E-state index is 12.3. The molecule has 118 valence electrons. The Morgan fingerprint density at radius 2 is 2.05 bits per heavy atom. The number of hydrogen-bond donors (Lipinski definition) is 2. The Bertz CT molecular complexity index is 507. The van der Waals surface area contributed by atoms with Crippen LogP contribution in [0.1, 0.15) is 50.9 Å². The van der Waals surface area contributed by atoms with Gasteiger partial charge in [-0.15, -0.1) is 0 Å². The van der Waals surface area contributed by atoms with Gasteiger partial charge in [0.05, 0.1) is 17.1 Å². The first kappa shape index (κ1) is 15.9. The number of nitrogens with one attached hydrogen (secondary N) is 1. The van der Waals surface area contributed by atoms with E-state index >= 15 is 0 Å². The number of nitrogens with zero attached hydrogens (tertiary/aromatic N) is 2. The normalized spacial score (nSPS) is 22.5. The van der Waals surface area contributed by atoms with Gasteiger partial charge in [0.15, 0.2) is 0 Å². The number of nitrogens with two attached hydrogens (primary N) is 1. The molecule has 5 heteroatoms. The van der Waals surface area contributed by atoms with Gasteiger partial charge in [-0.2, -0.15) is 5.10 Å². The maximum absolute atomic E-state index is 12.3. The number of carbonyl (C=O) groups excluding carboxylic acids is 1. The van der Waals surface area contributed by atoms with Gasteiger partial charge in [0.25, 0.3) is 0 Å². The van der Waals surface area contributed by atoms with Crippen molar-refractivity contribution < 1.29 is 4.79 Å². The van der Waals surface area contributed by atoms with E-state index in [-0.39, 0.29) is 12.5 Å². The fourth-order valence-corrected chi connectivity index (χ4v) is 3.39. The van der Waals surface area contributed by atoms with E-state index in [1.807, 2.05) is 13.8 Å². The fraction of sp³-hybridized carbons (Fsp3) is 0.750. The predicted molar refractivity (Wildman–Crippen MR) is 84.8 cm³/mol. The minimum atomic E-state index is 0.0400. The molecule has 5 nitrogen and oxygen atoms in total. The summed E-state index contributed by atoms with van der Waals surface area (Å²) in [7, 11) is 0. The highest BCUT2D eigenvalue weighted by atomic mass is 16.2. The molecule has 2 atom stereocenters. The van der Waals surface area contributed by atoms with Crippen LogP contribution in [0.3, 0.4) is 0 Å². The summed E-state index contributed by atoms with van der Waals surface area (Å²) in [5.74, 6) is 1.24. The molecule has 3 N–H and O–H groups in total. The van der Waals surface area contributed by atoms with Crippen molar-refractivity contribution in [1.29, 1.82) is 0 Å². The van der Waals surface area contributed by atoms with Crippen molar-refractivity contribution in [3.63, 3.8) is 0 Å². The lowest BCUT2D eigenvalue weighted by molar-refractivity contribution is -0.123. The van der Waals surface area contributed by atoms with E-state index in [9.17, 15) is 4.79 Å². The Hall–Kier alpha value is -1.52. The van der Waals surface area contributed by atoms with Crippen molar-refractivity contribution in [2.75, 3.05) is 5.73 Å². The van der Waals surface area contributed by atoms with Crippen molar-refractivity contribution >= 4 is 11.6 Å². The number of carbonyl (C=O) groups is 1. The molecule has 2 rings (SSSR count). The van der Waals surface area contributed by atoms with Gasteiger partial charge in [-0.05, 0) is 38.5 Å². The molecule has 1 aromatic rings. The summed E-state index contributed by atoms with van der Waals surface area (Å²) in [6.07, 6.45) is 4.80. The summed E-state index contributed by atoms with van der Waals surface area (Å²) < 4.78 is 1.70. The molecular formula is C16H28N4O. The molecule has 0 radical (unpaired) electrons. The highest BCUT2D eigenvalue weighted by Gasteiger charge is 2.28. The molecule has 0 aliphatic heterocycles. The van der Waals surface area contributed by atoms with Crippen LogP contribution in [0.15, 0.2) is 0 Å². The van der Waals surface area contributed by atoms with Crippen LogP contribution in [0.25, 0.3) is 0 Å². The first-order valence-electron chi connectivity index (χ1n) is 7.99. The summed E-state index contributed by atoms with van der Waals surface area (Å²) in [6.45, 7) is 8.52. The van der Waals surface area contributed by atoms with Crippen LogP contribution in [-0.2, 0) is 11.3 Å². The number of anilines is 1. The van der Waals surface area contributed by atoms with Crippen LogP contribution in [0.2, 0.25) is 0 Å². The van der Waals surface area contributed by atoms with E-state index in [4.69, 9.17) is 5.73 Å². The second-order valence-electron chi connectivity index (χ2n) is 6.61. The quantitative estimate of drug-likeness (QED) is 0.895. The third kappa shape index (κ3) is 3.57. The van der Waals surface area contributed by atoms with Crippen LogP contribution in [0, 0.1) is 25.7 Å². The lowest BCUT2D eigenvalue weighted by atomic mass is 9.78. The molecule has 0 bridgehead atoms. The van der Waals surface area contributed by atoms with E-state index in [0.717, 1.165) is 17.8 Å². The molecular weight excluding hydrogens is 264 g/mol. The third-order valence-electron chi connectivity index (χ3n) is 4.75. The smallest absolute Gasteiger partial charge is 0.241 e. The van der Waals surface area contributed by atoms with Crippen molar-refractivity contribution in [3.05, 3.63) is 11.4 Å². The average Bonchev–Trinajstić information content (AvgIpc) is 2.66. The summed E-state index contributed by atoms with van der Waals surface area (Å²) >= 11 is 0. The van der Waals surface area contributed by atoms with Gasteiger partial charge in [-0.25, -0.2) is 0 Å². The van der Waals surface area contributed by atoms with Crippen LogP contribution >= 0.6 is 0 Å². The molecule has 2 unspecified atom stereocenters. The van der Waals surface area contributed by atoms with Gasteiger partial charge in [-0.3, -0.25) is 9.48 Å². The SMILES string of the molecule is Cc1nn(CC(=O)NC2CCCCC2C(C)C)c(C)c1N. The first-order valence-corrected chi connectivity index (χ1v) is 7.99. The summed E-state index contributed by atoms with van der Waals surface area (Å²) in [4.78, 5) is 12.3. The molecule has 0 aromatic carbocycles. The molecule has 1 saturated carbocycles. The molecule has 1 fully saturated rings. The predicted octanol–water partition coefficient (Wildman–Crippen LogP) is 2.41. The van der Waals surface area contributed by atoms with Gasteiger partial charge >= 0.3 is 0 Å². The van der Waals surface area contributed by atoms with Crippen LogP contribution in [-0.4, -0.2) is 21.7 Å². The highest BCUT2D eigenvalue weighted by Crippen LogP contribution is 2.30. The maximum Gasteiger partial charge on any atom is 0.241 e. The summed E-state index contributed by atoms with van der Waals surface area (Å²) in [6, 6.07) is 0.306. The lowest BCUT2D eigenvalue weighted by Crippen LogP contribution is -2.45. The molecule has 21 heavy (non-hydrogen) atoms. The van der Waals surface area contributed by atoms with Gasteiger partial charge in [-0.1, -0.05) is 26.7 Å². The van der Waals surface area contributed by atoms with Gasteiger partial charge in [0, 0.05) is 6.04 Å². The Kier molecular flexibility index (Phi) is 4.91. The number of nitrogen functional groups attached to an aromatic ring is 1. The van der Waals surface area contributed by atoms with Gasteiger partial charge in [0.1, 0.15) is 6.54 Å². The molecule has 0 saturated heterocycles. The summed E-state index contributed by atoms with van der Waals surface area (Å²) in [5.41, 5.74) is 8.25. The number of aromatic nitrogens is 2. The minimum absolute atomic E-state index is 0.0400. The fourth-order valence-electron chi connectivity index (χ4n) is 3.39. The summed E-state index contributed by atoms with van der Waals surface area (Å²) in [5, 5.41) is 7.54. The van der Waals surface area contributed by atoms with Crippen LogP contribution in [0.4, 0.5) is 5.69 Å². The van der Waals surface area contributed by atoms with E-state index in [1.54, 1.807) is 4.68 Å². The van der Waals surface area contributed by atoms with Crippen LogP contribution in [0.5, 0.6) is 0 Å². The number of aryl methyl sites for hydroxylation is 1. The number of amides is 1. The van der Waals surface area contributed by atoms with Crippen molar-refractivity contribution in [3.8, 4) is 0 Å². The monoisotopic (exact) mass is 292 g/mol. The van der Waals surface area contributed by atoms with Gasteiger partial charge in [0.2, 0.25) is 5.91 Å². The van der Waals surface area contributed by atoms with Crippen molar-refractivity contribution in [2.45, 2.75) is 66.0 Å². The van der Waals surface area contributed by atoms with Crippen molar-refractivity contribution in [1.82, 2.24) is 15.1 Å². The second-order valence-corrected chi connectivity index (χ2v) is 6.61. The lowest BCUT2D eigenvalue weighted by Gasteiger charge is -2.34. The zero-order valence-electron chi connectivity index (χ0n) is 13.6. The molecule has 1 amide bonds. The molecule has 1 aliphatic carbocycles. The van der Waals surface area contributed by atoms with E-state index in [1.165, 1.54) is 19.3 Å². The van der Waals surface area contributed by atoms with E-state index in [2.05, 4.69) is 24.3 Å². The number of hydrogen-bond acceptors (Lipinski definition) is 3. The zero-order chi connectivity index (χ0) is 15.6. The molecule has 1 heterocycles. The highest BCUT2D eigenvalue weighted by molar-refractivity contribution is 5.76. The Balaban J connectivity index is 1.98. The second kappa shape index (κ2) is 6.50. The number of rotatable bonds is 4. The van der Waals surface area contributed by atoms with Crippen molar-refractivity contribution in [2.24, 2.45) is 11.8 Å². The molecule has 1 aromatic heterocycles. The van der Waals surface area contributed by atoms with Crippen LogP contribution < -0.4 is 11.1 Å². The minimum Gasteiger partial charge on any atom is -0.396 e. The Labute approximate surface area is 127 Å². The third-order valence-corrected chi connectivity index (χ3v) is 4.75.